The van der Waals surface area contributed by atoms with E-state index >= 15 is 0 Å². The van der Waals surface area contributed by atoms with Gasteiger partial charge in [-0.15, -0.1) is 0 Å². The normalized spacial score (nSPS) is 50.3. The minimum absolute atomic E-state index is 0.0483. The Balaban J connectivity index is 2.13. The molecular weight excluding hydrogens is 206 g/mol. The zero-order valence-electron chi connectivity index (χ0n) is 9.69. The Morgan fingerprint density at radius 1 is 1.31 bits per heavy atom. The molecule has 1 N–H and O–H groups in total. The molecule has 4 nitrogen and oxygen atoms in total. The summed E-state index contributed by atoms with van der Waals surface area (Å²) in [5, 5.41) is 9.29. The van der Waals surface area contributed by atoms with E-state index in [0.29, 0.717) is 5.92 Å². The monoisotopic (exact) mass is 223 g/mol. The highest BCUT2D eigenvalue weighted by Crippen LogP contribution is 2.68. The SMILES string of the molecule is C[C@]12C[C@@H]3CC[C@@H](CO)N(C1=O)C(=O)[C@@]32C. The van der Waals surface area contributed by atoms with Gasteiger partial charge >= 0.3 is 0 Å². The van der Waals surface area contributed by atoms with Crippen LogP contribution in [0.2, 0.25) is 0 Å². The summed E-state index contributed by atoms with van der Waals surface area (Å²) in [4.78, 5) is 26.0. The number of amides is 2. The number of fused-ring (bicyclic) bond motifs is 1. The molecule has 0 spiro atoms. The van der Waals surface area contributed by atoms with E-state index in [1.165, 1.54) is 4.90 Å². The van der Waals surface area contributed by atoms with Gasteiger partial charge in [0.1, 0.15) is 0 Å². The molecule has 3 aliphatic rings. The van der Waals surface area contributed by atoms with Gasteiger partial charge in [-0.25, -0.2) is 0 Å². The molecule has 0 aromatic carbocycles. The standard InChI is InChI=1S/C12H17NO3/c1-11-5-7-3-4-8(6-14)13(9(11)15)10(16)12(7,11)2/h7-8,14H,3-6H2,1-2H3/t7-,8-,11-,12+/m0/s1. The van der Waals surface area contributed by atoms with Crippen LogP contribution in [0.3, 0.4) is 0 Å². The molecule has 3 rings (SSSR count). The molecule has 2 aliphatic heterocycles. The van der Waals surface area contributed by atoms with E-state index in [1.54, 1.807) is 0 Å². The zero-order valence-corrected chi connectivity index (χ0v) is 9.69. The van der Waals surface area contributed by atoms with E-state index in [-0.39, 0.29) is 24.5 Å². The van der Waals surface area contributed by atoms with Gasteiger partial charge in [0, 0.05) is 0 Å². The molecule has 1 saturated carbocycles. The van der Waals surface area contributed by atoms with Gasteiger partial charge in [0.2, 0.25) is 11.8 Å². The van der Waals surface area contributed by atoms with Gasteiger partial charge in [0.25, 0.3) is 0 Å². The van der Waals surface area contributed by atoms with Crippen molar-refractivity contribution in [1.82, 2.24) is 4.90 Å². The Bertz CT molecular complexity index is 394. The van der Waals surface area contributed by atoms with Crippen molar-refractivity contribution >= 4 is 11.8 Å². The number of hydrogen-bond donors (Lipinski definition) is 1. The van der Waals surface area contributed by atoms with Crippen LogP contribution in [-0.2, 0) is 9.59 Å². The third-order valence-corrected chi connectivity index (χ3v) is 5.40. The lowest BCUT2D eigenvalue weighted by molar-refractivity contribution is -0.160. The Morgan fingerprint density at radius 3 is 2.62 bits per heavy atom. The number of aliphatic hydroxyl groups is 1. The van der Waals surface area contributed by atoms with Crippen LogP contribution in [-0.4, -0.2) is 34.5 Å². The third kappa shape index (κ3) is 0.764. The zero-order chi connectivity index (χ0) is 11.7. The Hall–Kier alpha value is -0.900. The summed E-state index contributed by atoms with van der Waals surface area (Å²) in [7, 11) is 0. The summed E-state index contributed by atoms with van der Waals surface area (Å²) in [5.41, 5.74) is -0.989. The average Bonchev–Trinajstić information content (AvgIpc) is 2.36. The number of nitrogens with zero attached hydrogens (tertiary/aromatic N) is 1. The maximum absolute atomic E-state index is 12.3. The van der Waals surface area contributed by atoms with Crippen LogP contribution in [0.5, 0.6) is 0 Å². The van der Waals surface area contributed by atoms with Crippen LogP contribution in [0, 0.1) is 16.7 Å². The van der Waals surface area contributed by atoms with E-state index in [4.69, 9.17) is 0 Å². The second-order valence-corrected chi connectivity index (χ2v) is 5.83. The fourth-order valence-corrected chi connectivity index (χ4v) is 3.97. The summed E-state index contributed by atoms with van der Waals surface area (Å²) in [6.07, 6.45) is 2.54. The van der Waals surface area contributed by atoms with Crippen molar-refractivity contribution in [2.45, 2.75) is 39.2 Å². The van der Waals surface area contributed by atoms with Crippen LogP contribution >= 0.6 is 0 Å². The predicted octanol–water partition coefficient (Wildman–Crippen LogP) is 0.542. The van der Waals surface area contributed by atoms with E-state index in [1.807, 2.05) is 13.8 Å². The highest BCUT2D eigenvalue weighted by molar-refractivity contribution is 6.11. The number of carbonyl (C=O) groups is 2. The molecule has 88 valence electrons. The fourth-order valence-electron chi connectivity index (χ4n) is 3.97. The average molecular weight is 223 g/mol. The minimum Gasteiger partial charge on any atom is -0.394 e. The molecule has 2 amide bonds. The van der Waals surface area contributed by atoms with E-state index in [0.717, 1.165) is 19.3 Å². The molecule has 4 heteroatoms. The van der Waals surface area contributed by atoms with Crippen LogP contribution in [0.4, 0.5) is 0 Å². The molecule has 2 heterocycles. The van der Waals surface area contributed by atoms with Gasteiger partial charge in [-0.2, -0.15) is 0 Å². The summed E-state index contributed by atoms with van der Waals surface area (Å²) < 4.78 is 0. The van der Waals surface area contributed by atoms with Gasteiger partial charge in [0.15, 0.2) is 0 Å². The van der Waals surface area contributed by atoms with Crippen LogP contribution in [0.15, 0.2) is 0 Å². The lowest BCUT2D eigenvalue weighted by Crippen LogP contribution is -2.57. The topological polar surface area (TPSA) is 57.6 Å². The van der Waals surface area contributed by atoms with Crippen molar-refractivity contribution in [3.05, 3.63) is 0 Å². The lowest BCUT2D eigenvalue weighted by Gasteiger charge is -2.54. The maximum atomic E-state index is 12.3. The highest BCUT2D eigenvalue weighted by Gasteiger charge is 2.75. The van der Waals surface area contributed by atoms with Gasteiger partial charge in [-0.05, 0) is 39.0 Å². The Morgan fingerprint density at radius 2 is 2.00 bits per heavy atom. The number of imide groups is 1. The van der Waals surface area contributed by atoms with E-state index < -0.39 is 10.8 Å². The van der Waals surface area contributed by atoms with E-state index in [9.17, 15) is 14.7 Å². The number of rotatable bonds is 1. The maximum Gasteiger partial charge on any atom is 0.236 e. The lowest BCUT2D eigenvalue weighted by atomic mass is 9.45. The molecule has 3 fully saturated rings. The van der Waals surface area contributed by atoms with Gasteiger partial charge in [-0.1, -0.05) is 0 Å². The van der Waals surface area contributed by atoms with E-state index in [2.05, 4.69) is 0 Å². The third-order valence-electron chi connectivity index (χ3n) is 5.40. The highest BCUT2D eigenvalue weighted by atomic mass is 16.3. The van der Waals surface area contributed by atoms with Crippen molar-refractivity contribution in [2.24, 2.45) is 16.7 Å². The summed E-state index contributed by atoms with van der Waals surface area (Å²) >= 11 is 0. The van der Waals surface area contributed by atoms with Crippen LogP contribution in [0.1, 0.15) is 33.1 Å². The van der Waals surface area contributed by atoms with Gasteiger partial charge in [0.05, 0.1) is 23.5 Å². The van der Waals surface area contributed by atoms with Crippen molar-refractivity contribution in [2.75, 3.05) is 6.61 Å². The van der Waals surface area contributed by atoms with Crippen LogP contribution < -0.4 is 0 Å². The number of aliphatic hydroxyl groups excluding tert-OH is 1. The van der Waals surface area contributed by atoms with Crippen molar-refractivity contribution < 1.29 is 14.7 Å². The van der Waals surface area contributed by atoms with Crippen molar-refractivity contribution in [3.8, 4) is 0 Å². The largest absolute Gasteiger partial charge is 0.394 e. The Kier molecular flexibility index (Phi) is 1.71. The molecule has 0 aromatic rings. The second-order valence-electron chi connectivity index (χ2n) is 5.83. The first-order chi connectivity index (χ1) is 7.46. The smallest absolute Gasteiger partial charge is 0.236 e. The molecule has 0 unspecified atom stereocenters. The molecule has 2 saturated heterocycles. The first kappa shape index (κ1) is 10.3. The Labute approximate surface area is 94.6 Å². The number of hydrogen-bond acceptors (Lipinski definition) is 3. The second kappa shape index (κ2) is 2.67. The van der Waals surface area contributed by atoms with Crippen molar-refractivity contribution in [1.29, 1.82) is 0 Å². The molecule has 0 aromatic heterocycles. The first-order valence-corrected chi connectivity index (χ1v) is 5.96. The molecule has 1 aliphatic carbocycles. The summed E-state index contributed by atoms with van der Waals surface area (Å²) in [6.45, 7) is 3.74. The predicted molar refractivity (Wildman–Crippen MR) is 56.3 cm³/mol. The quantitative estimate of drug-likeness (QED) is 0.660. The van der Waals surface area contributed by atoms with Gasteiger partial charge in [-0.3, -0.25) is 14.5 Å². The molecule has 16 heavy (non-hydrogen) atoms. The minimum atomic E-state index is -0.497. The molecule has 2 bridgehead atoms. The van der Waals surface area contributed by atoms with Crippen molar-refractivity contribution in [3.63, 3.8) is 0 Å². The van der Waals surface area contributed by atoms with Crippen LogP contribution in [0.25, 0.3) is 0 Å². The molecule has 4 atom stereocenters. The number of carbonyl (C=O) groups excluding carboxylic acids is 2. The first-order valence-electron chi connectivity index (χ1n) is 5.96. The molecular formula is C12H17NO3. The fraction of sp³-hybridized carbons (Fsp3) is 0.833. The summed E-state index contributed by atoms with van der Waals surface area (Å²) in [6, 6.07) is -0.286. The van der Waals surface area contributed by atoms with Gasteiger partial charge < -0.3 is 5.11 Å². The molecule has 0 radical (unpaired) electrons. The summed E-state index contributed by atoms with van der Waals surface area (Å²) in [5.74, 6) is 0.221.